The van der Waals surface area contributed by atoms with Crippen LogP contribution in [0.1, 0.15) is 9.67 Å². The quantitative estimate of drug-likeness (QED) is 0.658. The van der Waals surface area contributed by atoms with Gasteiger partial charge in [-0.3, -0.25) is 10.0 Å². The zero-order valence-electron chi connectivity index (χ0n) is 8.13. The van der Waals surface area contributed by atoms with Crippen molar-refractivity contribution >= 4 is 34.5 Å². The highest BCUT2D eigenvalue weighted by Crippen LogP contribution is 2.20. The first-order chi connectivity index (χ1) is 7.68. The number of carbonyl (C=O) groups excluding carboxylic acids is 1. The molecule has 0 fully saturated rings. The van der Waals surface area contributed by atoms with E-state index in [-0.39, 0.29) is 0 Å². The van der Waals surface area contributed by atoms with Gasteiger partial charge >= 0.3 is 0 Å². The van der Waals surface area contributed by atoms with Crippen LogP contribution in [0.4, 0.5) is 5.69 Å². The lowest BCUT2D eigenvalue weighted by molar-refractivity contribution is 0.0859. The highest BCUT2D eigenvalue weighted by atomic mass is 35.5. The number of thiophene rings is 1. The number of carbonyl (C=O) groups is 1. The molecule has 1 amide bonds. The van der Waals surface area contributed by atoms with E-state index in [9.17, 15) is 10.0 Å². The Morgan fingerprint density at radius 3 is 2.50 bits per heavy atom. The maximum Gasteiger partial charge on any atom is 0.292 e. The first-order valence-corrected chi connectivity index (χ1v) is 5.76. The molecule has 2 aromatic rings. The fourth-order valence-electron chi connectivity index (χ4n) is 1.20. The van der Waals surface area contributed by atoms with Crippen LogP contribution in [0.25, 0.3) is 0 Å². The number of anilines is 1. The predicted molar refractivity (Wildman–Crippen MR) is 64.4 cm³/mol. The Balaban J connectivity index is 2.22. The molecular formula is C11H8ClNO2S. The van der Waals surface area contributed by atoms with Crippen molar-refractivity contribution in [3.63, 3.8) is 0 Å². The van der Waals surface area contributed by atoms with Crippen LogP contribution in [0.2, 0.25) is 5.02 Å². The Morgan fingerprint density at radius 2 is 1.94 bits per heavy atom. The van der Waals surface area contributed by atoms with Gasteiger partial charge in [0, 0.05) is 5.02 Å². The second-order valence-corrected chi connectivity index (χ2v) is 4.45. The molecule has 82 valence electrons. The number of hydroxylamine groups is 1. The summed E-state index contributed by atoms with van der Waals surface area (Å²) in [4.78, 5) is 12.2. The Kier molecular flexibility index (Phi) is 3.24. The van der Waals surface area contributed by atoms with Gasteiger partial charge in [-0.2, -0.15) is 5.06 Å². The molecule has 0 atom stereocenters. The van der Waals surface area contributed by atoms with Crippen molar-refractivity contribution in [3.8, 4) is 0 Å². The molecule has 2 rings (SSSR count). The van der Waals surface area contributed by atoms with E-state index in [1.807, 2.05) is 0 Å². The summed E-state index contributed by atoms with van der Waals surface area (Å²) in [6.45, 7) is 0. The lowest BCUT2D eigenvalue weighted by Gasteiger charge is -2.13. The van der Waals surface area contributed by atoms with Crippen LogP contribution in [0.5, 0.6) is 0 Å². The van der Waals surface area contributed by atoms with E-state index in [1.165, 1.54) is 11.3 Å². The number of hydrogen-bond donors (Lipinski definition) is 1. The Morgan fingerprint density at radius 1 is 1.25 bits per heavy atom. The number of hydrogen-bond acceptors (Lipinski definition) is 3. The Hall–Kier alpha value is -1.36. The van der Waals surface area contributed by atoms with Crippen molar-refractivity contribution in [2.75, 3.05) is 5.06 Å². The molecule has 0 spiro atoms. The minimum atomic E-state index is -0.447. The maximum atomic E-state index is 11.7. The summed E-state index contributed by atoms with van der Waals surface area (Å²) in [6, 6.07) is 9.80. The highest BCUT2D eigenvalue weighted by Gasteiger charge is 2.16. The first-order valence-electron chi connectivity index (χ1n) is 4.51. The number of rotatable bonds is 2. The van der Waals surface area contributed by atoms with Crippen molar-refractivity contribution in [1.82, 2.24) is 0 Å². The summed E-state index contributed by atoms with van der Waals surface area (Å²) in [6.07, 6.45) is 0. The molecule has 0 radical (unpaired) electrons. The van der Waals surface area contributed by atoms with Crippen LogP contribution in [0.15, 0.2) is 41.8 Å². The molecule has 0 saturated carbocycles. The highest BCUT2D eigenvalue weighted by molar-refractivity contribution is 7.12. The average molecular weight is 254 g/mol. The van der Waals surface area contributed by atoms with Gasteiger partial charge in [0.05, 0.1) is 10.6 Å². The summed E-state index contributed by atoms with van der Waals surface area (Å²) in [7, 11) is 0. The molecular weight excluding hydrogens is 246 g/mol. The summed E-state index contributed by atoms with van der Waals surface area (Å²) in [5.41, 5.74) is 0.391. The molecule has 0 aliphatic heterocycles. The average Bonchev–Trinajstić information content (AvgIpc) is 2.81. The zero-order valence-corrected chi connectivity index (χ0v) is 9.70. The number of amides is 1. The van der Waals surface area contributed by atoms with Gasteiger partial charge in [-0.25, -0.2) is 0 Å². The summed E-state index contributed by atoms with van der Waals surface area (Å²) in [5.74, 6) is -0.447. The van der Waals surface area contributed by atoms with Gasteiger partial charge in [0.15, 0.2) is 0 Å². The van der Waals surface area contributed by atoms with E-state index in [1.54, 1.807) is 41.8 Å². The normalized spacial score (nSPS) is 10.1. The van der Waals surface area contributed by atoms with Crippen molar-refractivity contribution in [2.45, 2.75) is 0 Å². The van der Waals surface area contributed by atoms with Gasteiger partial charge in [0.2, 0.25) is 0 Å². The molecule has 0 unspecified atom stereocenters. The number of nitrogens with zero attached hydrogens (tertiary/aromatic N) is 1. The van der Waals surface area contributed by atoms with Crippen molar-refractivity contribution in [2.24, 2.45) is 0 Å². The Bertz CT molecular complexity index is 481. The summed E-state index contributed by atoms with van der Waals surface area (Å²) < 4.78 is 0. The van der Waals surface area contributed by atoms with Gasteiger partial charge < -0.3 is 0 Å². The molecule has 5 heteroatoms. The van der Waals surface area contributed by atoms with Crippen LogP contribution in [-0.4, -0.2) is 11.1 Å². The molecule has 1 N–H and O–H groups in total. The van der Waals surface area contributed by atoms with Crippen LogP contribution in [-0.2, 0) is 0 Å². The third-order valence-corrected chi connectivity index (χ3v) is 3.11. The molecule has 1 aromatic heterocycles. The number of benzene rings is 1. The standard InChI is InChI=1S/C11H8ClNO2S/c12-8-3-5-9(6-4-8)13(15)11(14)10-2-1-7-16-10/h1-7,15H. The van der Waals surface area contributed by atoms with Gasteiger partial charge in [0.25, 0.3) is 5.91 Å². The summed E-state index contributed by atoms with van der Waals surface area (Å²) >= 11 is 6.99. The molecule has 0 saturated heterocycles. The van der Waals surface area contributed by atoms with Crippen LogP contribution in [0.3, 0.4) is 0 Å². The topological polar surface area (TPSA) is 40.5 Å². The molecule has 0 bridgehead atoms. The number of halogens is 1. The second-order valence-electron chi connectivity index (χ2n) is 3.07. The van der Waals surface area contributed by atoms with Gasteiger partial charge in [0.1, 0.15) is 0 Å². The van der Waals surface area contributed by atoms with Crippen LogP contribution in [0, 0.1) is 0 Å². The lowest BCUT2D eigenvalue weighted by atomic mass is 10.3. The maximum absolute atomic E-state index is 11.7. The largest absolute Gasteiger partial charge is 0.292 e. The van der Waals surface area contributed by atoms with Crippen molar-refractivity contribution in [1.29, 1.82) is 0 Å². The summed E-state index contributed by atoms with van der Waals surface area (Å²) in [5, 5.41) is 12.6. The van der Waals surface area contributed by atoms with Gasteiger partial charge in [-0.05, 0) is 35.7 Å². The van der Waals surface area contributed by atoms with Crippen LogP contribution < -0.4 is 5.06 Å². The minimum Gasteiger partial charge on any atom is -0.281 e. The van der Waals surface area contributed by atoms with Gasteiger partial charge in [-0.15, -0.1) is 11.3 Å². The van der Waals surface area contributed by atoms with Gasteiger partial charge in [-0.1, -0.05) is 17.7 Å². The van der Waals surface area contributed by atoms with E-state index in [2.05, 4.69) is 0 Å². The third kappa shape index (κ3) is 2.24. The van der Waals surface area contributed by atoms with Crippen molar-refractivity contribution < 1.29 is 10.0 Å². The van der Waals surface area contributed by atoms with E-state index >= 15 is 0 Å². The fourth-order valence-corrected chi connectivity index (χ4v) is 1.98. The predicted octanol–water partition coefficient (Wildman–Crippen LogP) is 3.44. The molecule has 3 nitrogen and oxygen atoms in total. The minimum absolute atomic E-state index is 0.391. The second kappa shape index (κ2) is 4.65. The Labute approximate surface area is 101 Å². The third-order valence-electron chi connectivity index (χ3n) is 2.00. The van der Waals surface area contributed by atoms with E-state index in [4.69, 9.17) is 11.6 Å². The smallest absolute Gasteiger partial charge is 0.281 e. The molecule has 1 aromatic carbocycles. The van der Waals surface area contributed by atoms with E-state index < -0.39 is 5.91 Å². The SMILES string of the molecule is O=C(c1cccs1)N(O)c1ccc(Cl)cc1. The van der Waals surface area contributed by atoms with Crippen molar-refractivity contribution in [3.05, 3.63) is 51.7 Å². The lowest BCUT2D eigenvalue weighted by Crippen LogP contribution is -2.25. The van der Waals surface area contributed by atoms with E-state index in [0.29, 0.717) is 20.7 Å². The molecule has 0 aliphatic rings. The molecule has 0 aliphatic carbocycles. The van der Waals surface area contributed by atoms with E-state index in [0.717, 1.165) is 0 Å². The fraction of sp³-hybridized carbons (Fsp3) is 0. The monoisotopic (exact) mass is 253 g/mol. The first kappa shape index (κ1) is 11.1. The molecule has 16 heavy (non-hydrogen) atoms. The zero-order chi connectivity index (χ0) is 11.5. The molecule has 1 heterocycles. The van der Waals surface area contributed by atoms with Crippen LogP contribution >= 0.6 is 22.9 Å².